The van der Waals surface area contributed by atoms with Gasteiger partial charge in [-0.05, 0) is 44.7 Å². The molecule has 0 spiro atoms. The van der Waals surface area contributed by atoms with Crippen LogP contribution in [0.25, 0.3) is 0 Å². The molecule has 2 aromatic rings. The first-order chi connectivity index (χ1) is 18.0. The molecule has 2 aromatic carbocycles. The second kappa shape index (κ2) is 13.1. The van der Waals surface area contributed by atoms with Gasteiger partial charge in [0, 0.05) is 31.8 Å². The average Bonchev–Trinajstić information content (AvgIpc) is 2.87. The van der Waals surface area contributed by atoms with E-state index in [0.717, 1.165) is 11.1 Å². The zero-order valence-corrected chi connectivity index (χ0v) is 22.2. The minimum atomic E-state index is -1.09. The number of carboxylic acids is 1. The molecule has 1 fully saturated rings. The Balaban J connectivity index is 1.60. The summed E-state index contributed by atoms with van der Waals surface area (Å²) in [5.41, 5.74) is 1.02. The molecule has 0 bridgehead atoms. The van der Waals surface area contributed by atoms with E-state index in [4.69, 9.17) is 4.74 Å². The first-order valence-electron chi connectivity index (χ1n) is 12.9. The molecule has 1 heterocycles. The first-order valence-corrected chi connectivity index (χ1v) is 12.9. The fourth-order valence-corrected chi connectivity index (χ4v) is 4.42. The Morgan fingerprint density at radius 3 is 1.84 bits per heavy atom. The van der Waals surface area contributed by atoms with Gasteiger partial charge in [0.15, 0.2) is 0 Å². The molecule has 0 saturated carbocycles. The second-order valence-electron chi connectivity index (χ2n) is 10.6. The summed E-state index contributed by atoms with van der Waals surface area (Å²) in [6, 6.07) is 16.7. The summed E-state index contributed by atoms with van der Waals surface area (Å²) in [7, 11) is 0. The van der Waals surface area contributed by atoms with Crippen LogP contribution in [0.1, 0.15) is 44.7 Å². The van der Waals surface area contributed by atoms with Crippen LogP contribution in [0.4, 0.5) is 4.79 Å². The molecule has 1 saturated heterocycles. The number of alkyl carbamates (subject to hydrolysis) is 1. The van der Waals surface area contributed by atoms with Crippen molar-refractivity contribution in [1.82, 2.24) is 15.5 Å². The summed E-state index contributed by atoms with van der Waals surface area (Å²) in [6.07, 6.45) is 0.634. The molecule has 1 aliphatic heterocycles. The Bertz CT molecular complexity index is 1090. The van der Waals surface area contributed by atoms with Crippen LogP contribution in [-0.2, 0) is 32.0 Å². The van der Waals surface area contributed by atoms with E-state index < -0.39 is 35.7 Å². The van der Waals surface area contributed by atoms with Crippen LogP contribution in [0.5, 0.6) is 0 Å². The van der Waals surface area contributed by atoms with Crippen molar-refractivity contribution in [2.24, 2.45) is 5.92 Å². The van der Waals surface area contributed by atoms with E-state index in [9.17, 15) is 24.3 Å². The van der Waals surface area contributed by atoms with Crippen LogP contribution >= 0.6 is 0 Å². The maximum Gasteiger partial charge on any atom is 0.408 e. The molecule has 0 unspecified atom stereocenters. The van der Waals surface area contributed by atoms with E-state index in [0.29, 0.717) is 32.4 Å². The summed E-state index contributed by atoms with van der Waals surface area (Å²) in [6.45, 7) is 5.92. The van der Waals surface area contributed by atoms with Gasteiger partial charge in [-0.25, -0.2) is 9.59 Å². The van der Waals surface area contributed by atoms with Gasteiger partial charge in [0.05, 0.1) is 0 Å². The Kier molecular flexibility index (Phi) is 9.87. The minimum Gasteiger partial charge on any atom is -0.480 e. The standard InChI is InChI=1S/C29H37N3O6/c1-29(2,3)38-28(37)31-23(18-20-10-6-4-7-11-20)26(34)32-16-14-22(15-17-32)25(33)30-24(27(35)36)19-21-12-8-5-9-13-21/h4-13,22-24H,14-19H2,1-3H3,(H,30,33)(H,31,37)(H,35,36)/t23-,24-/m0/s1. The van der Waals surface area contributed by atoms with Gasteiger partial charge < -0.3 is 25.4 Å². The lowest BCUT2D eigenvalue weighted by molar-refractivity contribution is -0.143. The summed E-state index contributed by atoms with van der Waals surface area (Å²) < 4.78 is 5.37. The Morgan fingerprint density at radius 1 is 0.868 bits per heavy atom. The molecule has 204 valence electrons. The van der Waals surface area contributed by atoms with Crippen LogP contribution in [0, 0.1) is 5.92 Å². The number of nitrogens with one attached hydrogen (secondary N) is 2. The maximum absolute atomic E-state index is 13.4. The van der Waals surface area contributed by atoms with Crippen molar-refractivity contribution >= 4 is 23.9 Å². The molecule has 0 radical (unpaired) electrons. The van der Waals surface area contributed by atoms with Crippen LogP contribution in [0.2, 0.25) is 0 Å². The van der Waals surface area contributed by atoms with Crippen LogP contribution in [-0.4, -0.2) is 64.7 Å². The molecule has 3 rings (SSSR count). The summed E-state index contributed by atoms with van der Waals surface area (Å²) in [5, 5.41) is 15.0. The highest BCUT2D eigenvalue weighted by atomic mass is 16.6. The number of aliphatic carboxylic acids is 1. The number of rotatable bonds is 9. The van der Waals surface area contributed by atoms with Crippen molar-refractivity contribution < 1.29 is 29.0 Å². The zero-order valence-electron chi connectivity index (χ0n) is 22.2. The molecule has 2 atom stereocenters. The Labute approximate surface area is 223 Å². The fourth-order valence-electron chi connectivity index (χ4n) is 4.42. The highest BCUT2D eigenvalue weighted by molar-refractivity contribution is 5.87. The number of ether oxygens (including phenoxy) is 1. The van der Waals surface area contributed by atoms with Crippen molar-refractivity contribution in [3.63, 3.8) is 0 Å². The van der Waals surface area contributed by atoms with Gasteiger partial charge >= 0.3 is 12.1 Å². The van der Waals surface area contributed by atoms with E-state index in [1.165, 1.54) is 0 Å². The summed E-state index contributed by atoms with van der Waals surface area (Å²) in [4.78, 5) is 52.2. The molecule has 9 heteroatoms. The third-order valence-electron chi connectivity index (χ3n) is 6.35. The van der Waals surface area contributed by atoms with Gasteiger partial charge in [-0.1, -0.05) is 60.7 Å². The quantitative estimate of drug-likeness (QED) is 0.464. The Hall–Kier alpha value is -3.88. The first kappa shape index (κ1) is 28.7. The van der Waals surface area contributed by atoms with Crippen molar-refractivity contribution in [2.45, 2.75) is 64.1 Å². The SMILES string of the molecule is CC(C)(C)OC(=O)N[C@@H](Cc1ccccc1)C(=O)N1CCC(C(=O)N[C@@H](Cc2ccccc2)C(=O)O)CC1. The number of carbonyl (C=O) groups is 4. The van der Waals surface area contributed by atoms with E-state index >= 15 is 0 Å². The van der Waals surface area contributed by atoms with Gasteiger partial charge in [0.25, 0.3) is 0 Å². The molecule has 3 N–H and O–H groups in total. The predicted molar refractivity (Wildman–Crippen MR) is 142 cm³/mol. The Morgan fingerprint density at radius 2 is 1.37 bits per heavy atom. The number of benzene rings is 2. The third kappa shape index (κ3) is 8.90. The van der Waals surface area contributed by atoms with Crippen LogP contribution in [0.3, 0.4) is 0 Å². The van der Waals surface area contributed by atoms with Crippen LogP contribution < -0.4 is 10.6 Å². The highest BCUT2D eigenvalue weighted by Gasteiger charge is 2.33. The molecule has 3 amide bonds. The van der Waals surface area contributed by atoms with Crippen molar-refractivity contribution in [1.29, 1.82) is 0 Å². The number of amides is 3. The monoisotopic (exact) mass is 523 g/mol. The number of hydrogen-bond donors (Lipinski definition) is 3. The fraction of sp³-hybridized carbons (Fsp3) is 0.448. The van der Waals surface area contributed by atoms with Crippen molar-refractivity contribution in [3.05, 3.63) is 71.8 Å². The van der Waals surface area contributed by atoms with Gasteiger partial charge in [0.2, 0.25) is 11.8 Å². The van der Waals surface area contributed by atoms with Crippen molar-refractivity contribution in [3.8, 4) is 0 Å². The van der Waals surface area contributed by atoms with Gasteiger partial charge in [-0.3, -0.25) is 9.59 Å². The maximum atomic E-state index is 13.4. The number of likely N-dealkylation sites (tertiary alicyclic amines) is 1. The molecular formula is C29H37N3O6. The van der Waals surface area contributed by atoms with Gasteiger partial charge in [-0.2, -0.15) is 0 Å². The molecular weight excluding hydrogens is 486 g/mol. The predicted octanol–water partition coefficient (Wildman–Crippen LogP) is 3.17. The normalized spacial score (nSPS) is 15.7. The molecule has 0 aliphatic carbocycles. The third-order valence-corrected chi connectivity index (χ3v) is 6.35. The van der Waals surface area contributed by atoms with E-state index in [2.05, 4.69) is 10.6 Å². The number of nitrogens with zero attached hydrogens (tertiary/aromatic N) is 1. The van der Waals surface area contributed by atoms with Gasteiger partial charge in [0.1, 0.15) is 17.7 Å². The number of hydrogen-bond acceptors (Lipinski definition) is 5. The number of carboxylic acid groups (broad SMARTS) is 1. The second-order valence-corrected chi connectivity index (χ2v) is 10.6. The van der Waals surface area contributed by atoms with E-state index in [-0.39, 0.29) is 18.2 Å². The molecule has 9 nitrogen and oxygen atoms in total. The highest BCUT2D eigenvalue weighted by Crippen LogP contribution is 2.20. The largest absolute Gasteiger partial charge is 0.480 e. The molecule has 1 aliphatic rings. The topological polar surface area (TPSA) is 125 Å². The van der Waals surface area contributed by atoms with Crippen LogP contribution in [0.15, 0.2) is 60.7 Å². The zero-order chi connectivity index (χ0) is 27.7. The van der Waals surface area contributed by atoms with E-state index in [1.807, 2.05) is 60.7 Å². The number of carbonyl (C=O) groups excluding carboxylic acids is 3. The lowest BCUT2D eigenvalue weighted by Gasteiger charge is -2.34. The molecule has 38 heavy (non-hydrogen) atoms. The summed E-state index contributed by atoms with van der Waals surface area (Å²) in [5.74, 6) is -2.06. The van der Waals surface area contributed by atoms with Gasteiger partial charge in [-0.15, -0.1) is 0 Å². The lowest BCUT2D eigenvalue weighted by atomic mass is 9.94. The average molecular weight is 524 g/mol. The van der Waals surface area contributed by atoms with Crippen molar-refractivity contribution in [2.75, 3.05) is 13.1 Å². The lowest BCUT2D eigenvalue weighted by Crippen LogP contribution is -2.53. The summed E-state index contributed by atoms with van der Waals surface area (Å²) >= 11 is 0. The smallest absolute Gasteiger partial charge is 0.408 e. The minimum absolute atomic E-state index is 0.191. The van der Waals surface area contributed by atoms with E-state index in [1.54, 1.807) is 25.7 Å². The number of piperidine rings is 1. The molecule has 0 aromatic heterocycles.